The number of alkyl halides is 3. The molecule has 0 bridgehead atoms. The molecule has 0 N–H and O–H groups in total. The monoisotopic (exact) mass is 396 g/mol. The molecular formula is C20H23F3N2O3. The van der Waals surface area contributed by atoms with Crippen LogP contribution >= 0.6 is 0 Å². The third-order valence-corrected chi connectivity index (χ3v) is 5.26. The third-order valence-electron chi connectivity index (χ3n) is 5.26. The first-order chi connectivity index (χ1) is 13.1. The molecule has 2 aliphatic rings. The molecule has 2 fully saturated rings. The van der Waals surface area contributed by atoms with E-state index in [0.29, 0.717) is 31.6 Å². The Morgan fingerprint density at radius 3 is 2.57 bits per heavy atom. The molecule has 28 heavy (non-hydrogen) atoms. The SMILES string of the molecule is CC1(C)CN(C(=O)C2(C#N)CCOCC2)CC(c2cccc(C(F)(F)F)c2)O1. The summed E-state index contributed by atoms with van der Waals surface area (Å²) in [5, 5.41) is 9.67. The minimum Gasteiger partial charge on any atom is -0.381 e. The molecule has 3 rings (SSSR count). The van der Waals surface area contributed by atoms with Gasteiger partial charge in [-0.15, -0.1) is 0 Å². The smallest absolute Gasteiger partial charge is 0.381 e. The van der Waals surface area contributed by atoms with E-state index in [9.17, 15) is 23.2 Å². The zero-order valence-electron chi connectivity index (χ0n) is 15.9. The van der Waals surface area contributed by atoms with Crippen LogP contribution in [0.5, 0.6) is 0 Å². The van der Waals surface area contributed by atoms with Gasteiger partial charge in [-0.05, 0) is 44.4 Å². The number of amides is 1. The highest BCUT2D eigenvalue weighted by Crippen LogP contribution is 2.38. The maximum absolute atomic E-state index is 13.2. The van der Waals surface area contributed by atoms with Crippen molar-refractivity contribution in [2.45, 2.75) is 44.6 Å². The number of benzene rings is 1. The summed E-state index contributed by atoms with van der Waals surface area (Å²) in [5.74, 6) is -0.299. The Kier molecular flexibility index (Phi) is 5.43. The number of rotatable bonds is 2. The molecule has 8 heteroatoms. The molecule has 0 spiro atoms. The number of morpholine rings is 1. The number of carbonyl (C=O) groups excluding carboxylic acids is 1. The van der Waals surface area contributed by atoms with E-state index in [-0.39, 0.29) is 19.0 Å². The van der Waals surface area contributed by atoms with Gasteiger partial charge in [0.05, 0.1) is 23.8 Å². The van der Waals surface area contributed by atoms with Crippen LogP contribution in [0.25, 0.3) is 0 Å². The number of hydrogen-bond acceptors (Lipinski definition) is 4. The molecular weight excluding hydrogens is 373 g/mol. The van der Waals surface area contributed by atoms with Gasteiger partial charge in [0.25, 0.3) is 0 Å². The second-order valence-corrected chi connectivity index (χ2v) is 7.98. The highest BCUT2D eigenvalue weighted by Gasteiger charge is 2.47. The molecule has 1 aromatic carbocycles. The van der Waals surface area contributed by atoms with Crippen LogP contribution in [0.3, 0.4) is 0 Å². The topological polar surface area (TPSA) is 62.6 Å². The first-order valence-corrected chi connectivity index (χ1v) is 9.20. The lowest BCUT2D eigenvalue weighted by Crippen LogP contribution is -2.56. The molecule has 1 atom stereocenters. The van der Waals surface area contributed by atoms with Gasteiger partial charge in [0.1, 0.15) is 11.5 Å². The van der Waals surface area contributed by atoms with E-state index in [2.05, 4.69) is 6.07 Å². The van der Waals surface area contributed by atoms with Gasteiger partial charge in [-0.3, -0.25) is 4.79 Å². The second-order valence-electron chi connectivity index (χ2n) is 7.98. The zero-order valence-corrected chi connectivity index (χ0v) is 15.9. The molecule has 1 unspecified atom stereocenters. The van der Waals surface area contributed by atoms with E-state index in [1.807, 2.05) is 0 Å². The number of ether oxygens (including phenoxy) is 2. The van der Waals surface area contributed by atoms with Crippen LogP contribution in [0.4, 0.5) is 13.2 Å². The lowest BCUT2D eigenvalue weighted by Gasteiger charge is -2.45. The molecule has 0 aliphatic carbocycles. The third kappa shape index (κ3) is 4.15. The van der Waals surface area contributed by atoms with Gasteiger partial charge >= 0.3 is 6.18 Å². The molecule has 152 valence electrons. The van der Waals surface area contributed by atoms with Gasteiger partial charge < -0.3 is 14.4 Å². The van der Waals surface area contributed by atoms with Crippen LogP contribution < -0.4 is 0 Å². The van der Waals surface area contributed by atoms with Crippen molar-refractivity contribution in [3.05, 3.63) is 35.4 Å². The Morgan fingerprint density at radius 1 is 1.29 bits per heavy atom. The number of halogens is 3. The van der Waals surface area contributed by atoms with Crippen molar-refractivity contribution in [1.82, 2.24) is 4.90 Å². The van der Waals surface area contributed by atoms with Crippen LogP contribution in [-0.2, 0) is 20.4 Å². The summed E-state index contributed by atoms with van der Waals surface area (Å²) in [6.07, 6.45) is -4.53. The molecule has 2 saturated heterocycles. The van der Waals surface area contributed by atoms with E-state index in [1.165, 1.54) is 6.07 Å². The van der Waals surface area contributed by atoms with Crippen molar-refractivity contribution in [1.29, 1.82) is 5.26 Å². The van der Waals surface area contributed by atoms with Gasteiger partial charge in [0.2, 0.25) is 5.91 Å². The van der Waals surface area contributed by atoms with Gasteiger partial charge in [0, 0.05) is 19.8 Å². The molecule has 2 aliphatic heterocycles. The fraction of sp³-hybridized carbons (Fsp3) is 0.600. The van der Waals surface area contributed by atoms with Gasteiger partial charge in [-0.25, -0.2) is 0 Å². The Labute approximate surface area is 162 Å². The van der Waals surface area contributed by atoms with E-state index >= 15 is 0 Å². The lowest BCUT2D eigenvalue weighted by molar-refractivity contribution is -0.171. The Morgan fingerprint density at radius 2 is 1.96 bits per heavy atom. The number of carbonyl (C=O) groups is 1. The van der Waals surface area contributed by atoms with Crippen LogP contribution in [0.1, 0.15) is 43.9 Å². The number of hydrogen-bond donors (Lipinski definition) is 0. The maximum atomic E-state index is 13.2. The quantitative estimate of drug-likeness (QED) is 0.765. The minimum absolute atomic E-state index is 0.105. The van der Waals surface area contributed by atoms with Crippen molar-refractivity contribution >= 4 is 5.91 Å². The molecule has 0 saturated carbocycles. The van der Waals surface area contributed by atoms with Gasteiger partial charge in [0.15, 0.2) is 0 Å². The van der Waals surface area contributed by atoms with Crippen LogP contribution in [-0.4, -0.2) is 42.7 Å². The Bertz CT molecular complexity index is 780. The van der Waals surface area contributed by atoms with E-state index < -0.39 is 28.9 Å². The van der Waals surface area contributed by atoms with E-state index in [4.69, 9.17) is 9.47 Å². The fourth-order valence-electron chi connectivity index (χ4n) is 3.82. The Balaban J connectivity index is 1.88. The number of nitrogens with zero attached hydrogens (tertiary/aromatic N) is 2. The van der Waals surface area contributed by atoms with Crippen molar-refractivity contribution < 1.29 is 27.4 Å². The minimum atomic E-state index is -4.46. The zero-order chi connectivity index (χ0) is 20.6. The predicted octanol–water partition coefficient (Wildman–Crippen LogP) is 3.70. The summed E-state index contributed by atoms with van der Waals surface area (Å²) in [6.45, 7) is 4.62. The van der Waals surface area contributed by atoms with Crippen molar-refractivity contribution in [3.8, 4) is 6.07 Å². The van der Waals surface area contributed by atoms with E-state index in [1.54, 1.807) is 24.8 Å². The first kappa shape index (κ1) is 20.6. The average molecular weight is 396 g/mol. The van der Waals surface area contributed by atoms with Gasteiger partial charge in [-0.2, -0.15) is 18.4 Å². The largest absolute Gasteiger partial charge is 0.416 e. The summed E-state index contributed by atoms with van der Waals surface area (Å²) < 4.78 is 50.5. The normalized spacial score (nSPS) is 24.4. The number of nitriles is 1. The summed E-state index contributed by atoms with van der Waals surface area (Å²) in [7, 11) is 0. The van der Waals surface area contributed by atoms with Crippen LogP contribution in [0.2, 0.25) is 0 Å². The summed E-state index contributed by atoms with van der Waals surface area (Å²) >= 11 is 0. The molecule has 0 radical (unpaired) electrons. The van der Waals surface area contributed by atoms with E-state index in [0.717, 1.165) is 12.1 Å². The molecule has 5 nitrogen and oxygen atoms in total. The van der Waals surface area contributed by atoms with Gasteiger partial charge in [-0.1, -0.05) is 12.1 Å². The molecule has 2 heterocycles. The average Bonchev–Trinajstić information content (AvgIpc) is 2.66. The summed E-state index contributed by atoms with van der Waals surface area (Å²) in [4.78, 5) is 14.8. The maximum Gasteiger partial charge on any atom is 0.416 e. The summed E-state index contributed by atoms with van der Waals surface area (Å²) in [6, 6.07) is 7.14. The standard InChI is InChI=1S/C20H23F3N2O3/c1-18(2)13-25(17(26)19(12-24)6-8-27-9-7-19)11-16(28-18)14-4-3-5-15(10-14)20(21,22)23/h3-5,10,16H,6-9,11,13H2,1-2H3. The highest BCUT2D eigenvalue weighted by molar-refractivity contribution is 5.86. The molecule has 0 aromatic heterocycles. The van der Waals surface area contributed by atoms with Crippen molar-refractivity contribution in [3.63, 3.8) is 0 Å². The highest BCUT2D eigenvalue weighted by atomic mass is 19.4. The van der Waals surface area contributed by atoms with Crippen molar-refractivity contribution in [2.75, 3.05) is 26.3 Å². The lowest BCUT2D eigenvalue weighted by atomic mass is 9.79. The van der Waals surface area contributed by atoms with Crippen LogP contribution in [0, 0.1) is 16.7 Å². The fourth-order valence-corrected chi connectivity index (χ4v) is 3.82. The molecule has 1 amide bonds. The predicted molar refractivity (Wildman–Crippen MR) is 94.0 cm³/mol. The molecule has 1 aromatic rings. The Hall–Kier alpha value is -2.11. The van der Waals surface area contributed by atoms with Crippen LogP contribution in [0.15, 0.2) is 24.3 Å². The van der Waals surface area contributed by atoms with Crippen molar-refractivity contribution in [2.24, 2.45) is 5.41 Å². The summed E-state index contributed by atoms with van der Waals surface area (Å²) in [5.41, 5.74) is -2.30. The second kappa shape index (κ2) is 7.37. The first-order valence-electron chi connectivity index (χ1n) is 9.20.